The Morgan fingerprint density at radius 2 is 1.96 bits per heavy atom. The number of carbonyl (C=O) groups excluding carboxylic acids is 2. The van der Waals surface area contributed by atoms with E-state index in [9.17, 15) is 18.0 Å². The van der Waals surface area contributed by atoms with E-state index < -0.39 is 15.6 Å². The highest BCUT2D eigenvalue weighted by Gasteiger charge is 2.44. The van der Waals surface area contributed by atoms with Gasteiger partial charge in [-0.2, -0.15) is 0 Å². The molecule has 1 N–H and O–H groups in total. The first-order valence-electron chi connectivity index (χ1n) is 8.31. The van der Waals surface area contributed by atoms with Crippen molar-refractivity contribution in [2.24, 2.45) is 0 Å². The Balaban J connectivity index is 1.93. The number of carbonyl (C=O) groups is 2. The summed E-state index contributed by atoms with van der Waals surface area (Å²) in [5, 5.41) is 0. The first-order valence-corrected chi connectivity index (χ1v) is 10.2. The van der Waals surface area contributed by atoms with E-state index in [0.717, 1.165) is 6.26 Å². The van der Waals surface area contributed by atoms with Gasteiger partial charge in [-0.3, -0.25) is 14.3 Å². The van der Waals surface area contributed by atoms with Crippen molar-refractivity contribution in [2.45, 2.75) is 31.8 Å². The normalized spacial score (nSPS) is 18.9. The van der Waals surface area contributed by atoms with Crippen molar-refractivity contribution in [1.29, 1.82) is 0 Å². The van der Waals surface area contributed by atoms with Crippen LogP contribution in [0.1, 0.15) is 36.5 Å². The molecule has 0 aliphatic carbocycles. The number of fused-ring (bicyclic) bond motifs is 1. The van der Waals surface area contributed by atoms with E-state index in [1.54, 1.807) is 11.0 Å². The Kier molecular flexibility index (Phi) is 4.60. The lowest BCUT2D eigenvalue weighted by Crippen LogP contribution is -2.52. The molecule has 0 aromatic heterocycles. The summed E-state index contributed by atoms with van der Waals surface area (Å²) >= 11 is 0. The van der Waals surface area contributed by atoms with Gasteiger partial charge in [-0.15, -0.1) is 0 Å². The summed E-state index contributed by atoms with van der Waals surface area (Å²) in [6.45, 7) is 2.62. The number of sulfonamides is 1. The first-order chi connectivity index (χ1) is 12.1. The summed E-state index contributed by atoms with van der Waals surface area (Å²) in [6, 6.07) is 3.11. The van der Waals surface area contributed by atoms with E-state index in [0.29, 0.717) is 31.7 Å². The van der Waals surface area contributed by atoms with Gasteiger partial charge in [0.05, 0.1) is 25.5 Å². The molecule has 1 aromatic carbocycles. The minimum Gasteiger partial charge on any atom is -0.494 e. The molecule has 1 saturated heterocycles. The number of piperidine rings is 1. The Labute approximate surface area is 152 Å². The highest BCUT2D eigenvalue weighted by atomic mass is 32.2. The number of amides is 1. The third kappa shape index (κ3) is 3.48. The molecule has 0 saturated carbocycles. The van der Waals surface area contributed by atoms with Crippen LogP contribution in [0.5, 0.6) is 11.5 Å². The van der Waals surface area contributed by atoms with E-state index in [2.05, 4.69) is 4.72 Å². The minimum atomic E-state index is -3.51. The van der Waals surface area contributed by atoms with Crippen LogP contribution in [0.2, 0.25) is 0 Å². The molecule has 26 heavy (non-hydrogen) atoms. The van der Waals surface area contributed by atoms with Crippen LogP contribution in [0, 0.1) is 0 Å². The van der Waals surface area contributed by atoms with Crippen molar-refractivity contribution in [3.05, 3.63) is 17.7 Å². The summed E-state index contributed by atoms with van der Waals surface area (Å²) in [5.41, 5.74) is -0.180. The fraction of sp³-hybridized carbons (Fsp3) is 0.529. The number of nitrogens with zero attached hydrogens (tertiary/aromatic N) is 1. The Hall–Kier alpha value is -2.29. The molecule has 8 nitrogen and oxygen atoms in total. The van der Waals surface area contributed by atoms with Crippen molar-refractivity contribution >= 4 is 27.4 Å². The number of Topliss-reactive ketones (excluding diaryl/α,β-unsaturated/α-hetero) is 1. The summed E-state index contributed by atoms with van der Waals surface area (Å²) in [6.07, 6.45) is 2.35. The molecule has 2 heterocycles. The standard InChI is InChI=1S/C17H22N2O6S/c1-11(20)19-8-6-17(7-9-19)10-13(21)15-14(25-17)5-4-12(16(15)24-2)18-26(3,22)23/h4-5,18H,6-10H2,1-3H3. The fourth-order valence-corrected chi connectivity index (χ4v) is 4.12. The van der Waals surface area contributed by atoms with Gasteiger partial charge in [0, 0.05) is 32.9 Å². The third-order valence-electron chi connectivity index (χ3n) is 4.83. The highest BCUT2D eigenvalue weighted by molar-refractivity contribution is 7.92. The number of nitrogens with one attached hydrogen (secondary N) is 1. The van der Waals surface area contributed by atoms with Crippen molar-refractivity contribution in [1.82, 2.24) is 4.90 Å². The number of ketones is 1. The summed E-state index contributed by atoms with van der Waals surface area (Å²) in [7, 11) is -2.13. The molecular weight excluding hydrogens is 360 g/mol. The molecule has 3 rings (SSSR count). The van der Waals surface area contributed by atoms with Crippen LogP contribution in [0.15, 0.2) is 12.1 Å². The van der Waals surface area contributed by atoms with Crippen LogP contribution in [0.4, 0.5) is 5.69 Å². The summed E-state index contributed by atoms with van der Waals surface area (Å²) < 4.78 is 36.9. The molecule has 2 aliphatic heterocycles. The maximum absolute atomic E-state index is 12.9. The quantitative estimate of drug-likeness (QED) is 0.848. The zero-order valence-electron chi connectivity index (χ0n) is 15.0. The zero-order chi connectivity index (χ0) is 19.1. The topological polar surface area (TPSA) is 102 Å². The fourth-order valence-electron chi connectivity index (χ4n) is 3.56. The lowest BCUT2D eigenvalue weighted by atomic mass is 9.82. The second-order valence-corrected chi connectivity index (χ2v) is 8.53. The van der Waals surface area contributed by atoms with Gasteiger partial charge < -0.3 is 14.4 Å². The molecule has 0 unspecified atom stereocenters. The van der Waals surface area contributed by atoms with Gasteiger partial charge in [-0.05, 0) is 12.1 Å². The van der Waals surface area contributed by atoms with Gasteiger partial charge in [-0.1, -0.05) is 0 Å². The molecule has 0 radical (unpaired) electrons. The van der Waals surface area contributed by atoms with Gasteiger partial charge in [0.2, 0.25) is 15.9 Å². The monoisotopic (exact) mass is 382 g/mol. The van der Waals surface area contributed by atoms with E-state index in [-0.39, 0.29) is 35.1 Å². The van der Waals surface area contributed by atoms with Gasteiger partial charge in [0.25, 0.3) is 0 Å². The molecule has 1 amide bonds. The summed E-state index contributed by atoms with van der Waals surface area (Å²) in [4.78, 5) is 26.1. The largest absolute Gasteiger partial charge is 0.494 e. The first kappa shape index (κ1) is 18.5. The van der Waals surface area contributed by atoms with E-state index >= 15 is 0 Å². The van der Waals surface area contributed by atoms with Crippen LogP contribution < -0.4 is 14.2 Å². The van der Waals surface area contributed by atoms with E-state index in [1.165, 1.54) is 20.1 Å². The Morgan fingerprint density at radius 1 is 1.31 bits per heavy atom. The van der Waals surface area contributed by atoms with Crippen LogP contribution in [0.25, 0.3) is 0 Å². The Morgan fingerprint density at radius 3 is 2.50 bits per heavy atom. The van der Waals surface area contributed by atoms with Crippen LogP contribution in [0.3, 0.4) is 0 Å². The van der Waals surface area contributed by atoms with Crippen LogP contribution in [-0.4, -0.2) is 57.1 Å². The number of rotatable bonds is 3. The number of hydrogen-bond acceptors (Lipinski definition) is 6. The van der Waals surface area contributed by atoms with Crippen LogP contribution in [-0.2, 0) is 14.8 Å². The lowest BCUT2D eigenvalue weighted by molar-refractivity contribution is -0.132. The summed E-state index contributed by atoms with van der Waals surface area (Å²) in [5.74, 6) is 0.402. The van der Waals surface area contributed by atoms with Gasteiger partial charge in [-0.25, -0.2) is 8.42 Å². The molecule has 0 bridgehead atoms. The number of anilines is 1. The third-order valence-corrected chi connectivity index (χ3v) is 5.42. The van der Waals surface area contributed by atoms with Crippen molar-refractivity contribution in [2.75, 3.05) is 31.2 Å². The van der Waals surface area contributed by atoms with Crippen molar-refractivity contribution < 1.29 is 27.5 Å². The predicted molar refractivity (Wildman–Crippen MR) is 95.3 cm³/mol. The average Bonchev–Trinajstić information content (AvgIpc) is 2.54. The van der Waals surface area contributed by atoms with E-state index in [4.69, 9.17) is 9.47 Å². The van der Waals surface area contributed by atoms with Gasteiger partial charge in [0.1, 0.15) is 16.9 Å². The SMILES string of the molecule is COc1c(NS(C)(=O)=O)ccc2c1C(=O)CC1(CCN(C(C)=O)CC1)O2. The second-order valence-electron chi connectivity index (χ2n) is 6.78. The molecule has 142 valence electrons. The number of benzene rings is 1. The minimum absolute atomic E-state index is 0.0144. The predicted octanol–water partition coefficient (Wildman–Crippen LogP) is 1.41. The molecule has 9 heteroatoms. The molecule has 0 atom stereocenters. The average molecular weight is 382 g/mol. The smallest absolute Gasteiger partial charge is 0.229 e. The van der Waals surface area contributed by atoms with Crippen molar-refractivity contribution in [3.8, 4) is 11.5 Å². The van der Waals surface area contributed by atoms with Crippen LogP contribution >= 0.6 is 0 Å². The molecule has 1 fully saturated rings. The molecule has 2 aliphatic rings. The molecular formula is C17H22N2O6S. The number of hydrogen-bond donors (Lipinski definition) is 1. The maximum atomic E-state index is 12.9. The number of ether oxygens (including phenoxy) is 2. The Bertz CT molecular complexity index is 856. The lowest BCUT2D eigenvalue weighted by Gasteiger charge is -2.44. The second kappa shape index (κ2) is 6.46. The zero-order valence-corrected chi connectivity index (χ0v) is 15.8. The number of likely N-dealkylation sites (tertiary alicyclic amines) is 1. The van der Waals surface area contributed by atoms with Crippen molar-refractivity contribution in [3.63, 3.8) is 0 Å². The van der Waals surface area contributed by atoms with Gasteiger partial charge >= 0.3 is 0 Å². The highest BCUT2D eigenvalue weighted by Crippen LogP contribution is 2.45. The van der Waals surface area contributed by atoms with Gasteiger partial charge in [0.15, 0.2) is 11.5 Å². The molecule has 1 spiro atoms. The molecule has 1 aromatic rings. The maximum Gasteiger partial charge on any atom is 0.229 e. The van der Waals surface area contributed by atoms with E-state index in [1.807, 2.05) is 0 Å². The number of methoxy groups -OCH3 is 1.